The summed E-state index contributed by atoms with van der Waals surface area (Å²) in [6, 6.07) is 8.10. The summed E-state index contributed by atoms with van der Waals surface area (Å²) in [4.78, 5) is 13.1. The lowest BCUT2D eigenvalue weighted by Gasteiger charge is -2.12. The summed E-state index contributed by atoms with van der Waals surface area (Å²) >= 11 is 0. The Hall–Kier alpha value is -1.59. The van der Waals surface area contributed by atoms with Gasteiger partial charge in [0, 0.05) is 22.7 Å². The van der Waals surface area contributed by atoms with Gasteiger partial charge >= 0.3 is 8.25 Å². The van der Waals surface area contributed by atoms with Gasteiger partial charge in [0.25, 0.3) is 0 Å². The van der Waals surface area contributed by atoms with E-state index in [1.165, 1.54) is 38.5 Å². The number of benzene rings is 1. The molecule has 2 N–H and O–H groups in total. The van der Waals surface area contributed by atoms with E-state index < -0.39 is 8.25 Å². The molecule has 0 bridgehead atoms. The van der Waals surface area contributed by atoms with E-state index in [4.69, 9.17) is 9.63 Å². The number of ether oxygens (including phenoxy) is 1. The highest BCUT2D eigenvalue weighted by Gasteiger charge is 2.11. The maximum atomic E-state index is 10.5. The van der Waals surface area contributed by atoms with Gasteiger partial charge in [-0.2, -0.15) is 0 Å². The zero-order valence-corrected chi connectivity index (χ0v) is 18.3. The van der Waals surface area contributed by atoms with Gasteiger partial charge in [-0.05, 0) is 37.1 Å². The summed E-state index contributed by atoms with van der Waals surface area (Å²) in [6.45, 7) is 4.65. The van der Waals surface area contributed by atoms with Gasteiger partial charge in [-0.3, -0.25) is 4.98 Å². The molecule has 160 valence electrons. The first-order valence-electron chi connectivity index (χ1n) is 10.7. The molecule has 0 radical (unpaired) electrons. The summed E-state index contributed by atoms with van der Waals surface area (Å²) < 4.78 is 21.2. The number of aromatic nitrogens is 1. The molecule has 1 aromatic heterocycles. The molecule has 0 amide bonds. The van der Waals surface area contributed by atoms with Gasteiger partial charge in [-0.1, -0.05) is 57.6 Å². The van der Waals surface area contributed by atoms with Crippen molar-refractivity contribution in [3.63, 3.8) is 0 Å². The van der Waals surface area contributed by atoms with E-state index in [2.05, 4.69) is 33.9 Å². The summed E-state index contributed by atoms with van der Waals surface area (Å²) in [5.74, 6) is 0.843. The lowest BCUT2D eigenvalue weighted by molar-refractivity contribution is 0.276. The second-order valence-corrected chi connectivity index (χ2v) is 7.93. The van der Waals surface area contributed by atoms with Crippen molar-refractivity contribution in [2.24, 2.45) is 0 Å². The Balaban J connectivity index is 1.79. The summed E-state index contributed by atoms with van der Waals surface area (Å²) in [5.41, 5.74) is 2.06. The van der Waals surface area contributed by atoms with Crippen LogP contribution < -0.4 is 10.1 Å². The molecular weight excluding hydrogens is 387 g/mol. The first-order chi connectivity index (χ1) is 14.2. The first-order valence-corrected chi connectivity index (χ1v) is 11.8. The van der Waals surface area contributed by atoms with E-state index in [0.29, 0.717) is 19.5 Å². The van der Waals surface area contributed by atoms with Crippen molar-refractivity contribution >= 4 is 19.2 Å². The molecule has 1 atom stereocenters. The molecule has 7 heteroatoms. The van der Waals surface area contributed by atoms with Crippen LogP contribution in [-0.2, 0) is 15.6 Å². The Bertz CT molecular complexity index is 742. The van der Waals surface area contributed by atoms with Gasteiger partial charge in [0.15, 0.2) is 0 Å². The number of nitrogens with zero attached hydrogens (tertiary/aromatic N) is 1. The molecule has 0 aliphatic carbocycles. The van der Waals surface area contributed by atoms with Crippen LogP contribution in [0.5, 0.6) is 5.75 Å². The highest BCUT2D eigenvalue weighted by atomic mass is 31.1. The quantitative estimate of drug-likeness (QED) is 0.275. The van der Waals surface area contributed by atoms with Crippen LogP contribution >= 0.6 is 8.25 Å². The average Bonchev–Trinajstić information content (AvgIpc) is 2.73. The van der Waals surface area contributed by atoms with Crippen molar-refractivity contribution in [3.8, 4) is 5.75 Å². The van der Waals surface area contributed by atoms with Crippen molar-refractivity contribution in [3.05, 3.63) is 36.0 Å². The fraction of sp³-hybridized carbons (Fsp3) is 0.591. The molecular formula is C22H34N2O4P+. The van der Waals surface area contributed by atoms with Gasteiger partial charge < -0.3 is 10.1 Å². The van der Waals surface area contributed by atoms with E-state index in [9.17, 15) is 4.57 Å². The van der Waals surface area contributed by atoms with Gasteiger partial charge in [-0.15, -0.1) is 9.42 Å². The molecule has 1 heterocycles. The summed E-state index contributed by atoms with van der Waals surface area (Å²) in [6.07, 6.45) is 11.3. The molecule has 0 fully saturated rings. The Morgan fingerprint density at radius 3 is 2.62 bits per heavy atom. The zero-order chi connectivity index (χ0) is 20.7. The molecule has 0 aliphatic heterocycles. The van der Waals surface area contributed by atoms with E-state index in [1.54, 1.807) is 6.20 Å². The van der Waals surface area contributed by atoms with Crippen LogP contribution in [0, 0.1) is 0 Å². The Labute approximate surface area is 175 Å². The Morgan fingerprint density at radius 1 is 1.03 bits per heavy atom. The third-order valence-electron chi connectivity index (χ3n) is 4.84. The fourth-order valence-electron chi connectivity index (χ4n) is 3.28. The minimum atomic E-state index is -2.50. The molecule has 2 rings (SSSR count). The Morgan fingerprint density at radius 2 is 1.83 bits per heavy atom. The van der Waals surface area contributed by atoms with Crippen LogP contribution in [0.15, 0.2) is 30.5 Å². The number of hydrogen-bond donors (Lipinski definition) is 2. The van der Waals surface area contributed by atoms with Gasteiger partial charge in [0.2, 0.25) is 0 Å². The SMILES string of the molecule is CCCCCCCCCOc1ccc(CNCCCO[P+](=O)O)c2cccnc12. The molecule has 6 nitrogen and oxygen atoms in total. The monoisotopic (exact) mass is 421 g/mol. The molecule has 29 heavy (non-hydrogen) atoms. The minimum absolute atomic E-state index is 0.270. The second kappa shape index (κ2) is 14.4. The number of fused-ring (bicyclic) bond motifs is 1. The third kappa shape index (κ3) is 9.18. The maximum absolute atomic E-state index is 10.5. The molecule has 1 aromatic carbocycles. The number of rotatable bonds is 16. The lowest BCUT2D eigenvalue weighted by Crippen LogP contribution is -2.16. The molecule has 0 saturated carbocycles. The number of nitrogens with one attached hydrogen (secondary N) is 1. The number of unbranched alkanes of at least 4 members (excludes halogenated alkanes) is 6. The van der Waals surface area contributed by atoms with E-state index in [0.717, 1.165) is 35.2 Å². The van der Waals surface area contributed by atoms with Crippen molar-refractivity contribution in [2.45, 2.75) is 64.8 Å². The zero-order valence-electron chi connectivity index (χ0n) is 17.4. The topological polar surface area (TPSA) is 80.7 Å². The summed E-state index contributed by atoms with van der Waals surface area (Å²) in [7, 11) is -2.50. The normalized spacial score (nSPS) is 11.7. The van der Waals surface area contributed by atoms with Crippen LogP contribution in [0.25, 0.3) is 10.9 Å². The van der Waals surface area contributed by atoms with Gasteiger partial charge in [0.05, 0.1) is 6.61 Å². The van der Waals surface area contributed by atoms with Crippen molar-refractivity contribution in [1.29, 1.82) is 0 Å². The van der Waals surface area contributed by atoms with Crippen LogP contribution in [0.2, 0.25) is 0 Å². The van der Waals surface area contributed by atoms with Crippen LogP contribution in [0.3, 0.4) is 0 Å². The van der Waals surface area contributed by atoms with Crippen LogP contribution in [0.1, 0.15) is 63.9 Å². The molecule has 0 spiro atoms. The standard InChI is InChI=1S/C22H33N2O4P/c1-2-3-4-5-6-7-8-16-27-21-13-12-19(20-11-9-15-24-22(20)21)18-23-14-10-17-28-29(25)26/h9,11-13,15,23H,2-8,10,14,16-18H2,1H3/p+1. The smallest absolute Gasteiger partial charge is 0.491 e. The largest absolute Gasteiger partial charge is 0.694 e. The summed E-state index contributed by atoms with van der Waals surface area (Å²) in [5, 5.41) is 4.43. The van der Waals surface area contributed by atoms with E-state index in [-0.39, 0.29) is 6.61 Å². The van der Waals surface area contributed by atoms with Crippen molar-refractivity contribution in [2.75, 3.05) is 19.8 Å². The van der Waals surface area contributed by atoms with Gasteiger partial charge in [0.1, 0.15) is 17.9 Å². The third-order valence-corrected chi connectivity index (χ3v) is 5.25. The predicted octanol–water partition coefficient (Wildman–Crippen LogP) is 5.51. The number of hydrogen-bond acceptors (Lipinski definition) is 5. The highest BCUT2D eigenvalue weighted by molar-refractivity contribution is 7.32. The molecule has 0 saturated heterocycles. The van der Waals surface area contributed by atoms with Crippen molar-refractivity contribution < 1.29 is 18.7 Å². The maximum Gasteiger partial charge on any atom is 0.694 e. The van der Waals surface area contributed by atoms with Gasteiger partial charge in [-0.25, -0.2) is 0 Å². The molecule has 2 aromatic rings. The molecule has 1 unspecified atom stereocenters. The number of pyridine rings is 1. The fourth-order valence-corrected chi connectivity index (χ4v) is 3.57. The van der Waals surface area contributed by atoms with E-state index >= 15 is 0 Å². The second-order valence-electron chi connectivity index (χ2n) is 7.19. The van der Waals surface area contributed by atoms with E-state index in [1.807, 2.05) is 12.1 Å². The minimum Gasteiger partial charge on any atom is -0.491 e. The average molecular weight is 421 g/mol. The van der Waals surface area contributed by atoms with Crippen LogP contribution in [0.4, 0.5) is 0 Å². The first kappa shape index (κ1) is 23.7. The molecule has 0 aliphatic rings. The highest BCUT2D eigenvalue weighted by Crippen LogP contribution is 2.27. The van der Waals surface area contributed by atoms with Crippen molar-refractivity contribution in [1.82, 2.24) is 10.3 Å². The predicted molar refractivity (Wildman–Crippen MR) is 117 cm³/mol. The lowest BCUT2D eigenvalue weighted by atomic mass is 10.1. The van der Waals surface area contributed by atoms with Crippen LogP contribution in [-0.4, -0.2) is 29.6 Å². The Kier molecular flexibility index (Phi) is 11.8.